The van der Waals surface area contributed by atoms with E-state index >= 15 is 0 Å². The van der Waals surface area contributed by atoms with Crippen LogP contribution in [0.3, 0.4) is 0 Å². The summed E-state index contributed by atoms with van der Waals surface area (Å²) in [6, 6.07) is 0. The summed E-state index contributed by atoms with van der Waals surface area (Å²) in [5.74, 6) is -0.669. The van der Waals surface area contributed by atoms with Crippen molar-refractivity contribution in [3.8, 4) is 0 Å². The van der Waals surface area contributed by atoms with Gasteiger partial charge in [0, 0.05) is 13.8 Å². The van der Waals surface area contributed by atoms with E-state index in [0.29, 0.717) is 6.92 Å². The normalized spacial score (nSPS) is 13.1. The molecule has 0 aromatic heterocycles. The summed E-state index contributed by atoms with van der Waals surface area (Å²) in [4.78, 5) is 20.4. The molecule has 88 valence electrons. The molecule has 1 atom stereocenters. The summed E-state index contributed by atoms with van der Waals surface area (Å²) >= 11 is 0. The van der Waals surface area contributed by atoms with E-state index in [1.165, 1.54) is 0 Å². The number of rotatable bonds is 7. The average molecular weight is 226 g/mol. The molecule has 0 saturated heterocycles. The van der Waals surface area contributed by atoms with Gasteiger partial charge in [-0.05, 0) is 0 Å². The maximum atomic E-state index is 12.3. The number of ether oxygens (including phenoxy) is 3. The molecule has 0 aliphatic rings. The van der Waals surface area contributed by atoms with Crippen molar-refractivity contribution < 1.29 is 32.6 Å². The van der Waals surface area contributed by atoms with Gasteiger partial charge in [-0.15, -0.1) is 0 Å². The first kappa shape index (κ1) is 13.8. The van der Waals surface area contributed by atoms with E-state index in [4.69, 9.17) is 0 Å². The molecule has 0 radical (unpaired) electrons. The Morgan fingerprint density at radius 2 is 2.07 bits per heavy atom. The maximum Gasteiger partial charge on any atom is 0.353 e. The largest absolute Gasteiger partial charge is 0.464 e. The molecule has 0 aromatic carbocycles. The smallest absolute Gasteiger partial charge is 0.353 e. The minimum atomic E-state index is -3.32. The topological polar surface area (TPSA) is 61.8 Å². The zero-order valence-corrected chi connectivity index (χ0v) is 8.37. The minimum Gasteiger partial charge on any atom is -0.464 e. The molecule has 1 unspecified atom stereocenters. The van der Waals surface area contributed by atoms with Gasteiger partial charge in [-0.2, -0.15) is 8.78 Å². The quantitative estimate of drug-likeness (QED) is 0.473. The standard InChI is InChI=1S/C8H12F2O5/c1-6(12)15-7(3-13-5-11)4-14-8(2,9)10/h5,7H,3-4H2,1-2H3. The molecule has 0 heterocycles. The van der Waals surface area contributed by atoms with Gasteiger partial charge in [0.15, 0.2) is 6.10 Å². The fourth-order valence-electron chi connectivity index (χ4n) is 0.737. The predicted octanol–water partition coefficient (Wildman–Crippen LogP) is 0.720. The number of carbonyl (C=O) groups excluding carboxylic acids is 2. The Balaban J connectivity index is 4.00. The van der Waals surface area contributed by atoms with Gasteiger partial charge in [0.25, 0.3) is 6.47 Å². The maximum absolute atomic E-state index is 12.3. The van der Waals surface area contributed by atoms with Crippen molar-refractivity contribution in [3.63, 3.8) is 0 Å². The highest BCUT2D eigenvalue weighted by atomic mass is 19.3. The first-order valence-corrected chi connectivity index (χ1v) is 4.09. The lowest BCUT2D eigenvalue weighted by molar-refractivity contribution is -0.239. The Hall–Kier alpha value is -1.24. The van der Waals surface area contributed by atoms with Crippen molar-refractivity contribution in [3.05, 3.63) is 0 Å². The van der Waals surface area contributed by atoms with Crippen molar-refractivity contribution in [2.75, 3.05) is 13.2 Å². The van der Waals surface area contributed by atoms with Gasteiger partial charge in [0.1, 0.15) is 6.61 Å². The SMILES string of the molecule is CC(=O)OC(COC=O)COC(C)(F)F. The second-order valence-electron chi connectivity index (χ2n) is 2.78. The van der Waals surface area contributed by atoms with E-state index in [0.717, 1.165) is 6.92 Å². The number of carbonyl (C=O) groups is 2. The first-order valence-electron chi connectivity index (χ1n) is 4.09. The summed E-state index contributed by atoms with van der Waals surface area (Å²) in [7, 11) is 0. The zero-order valence-electron chi connectivity index (χ0n) is 8.37. The third kappa shape index (κ3) is 9.07. The third-order valence-corrected chi connectivity index (χ3v) is 1.21. The van der Waals surface area contributed by atoms with Crippen LogP contribution in [0.1, 0.15) is 13.8 Å². The molecule has 0 bridgehead atoms. The van der Waals surface area contributed by atoms with E-state index in [9.17, 15) is 18.4 Å². The lowest BCUT2D eigenvalue weighted by Gasteiger charge is -2.18. The van der Waals surface area contributed by atoms with E-state index in [2.05, 4.69) is 14.2 Å². The van der Waals surface area contributed by atoms with Crippen LogP contribution in [0, 0.1) is 0 Å². The number of hydrogen-bond donors (Lipinski definition) is 0. The molecule has 15 heavy (non-hydrogen) atoms. The van der Waals surface area contributed by atoms with E-state index in [1.807, 2.05) is 0 Å². The van der Waals surface area contributed by atoms with Crippen LogP contribution in [0.2, 0.25) is 0 Å². The molecule has 0 N–H and O–H groups in total. The second-order valence-corrected chi connectivity index (χ2v) is 2.78. The molecule has 5 nitrogen and oxygen atoms in total. The van der Waals surface area contributed by atoms with Crippen molar-refractivity contribution in [1.82, 2.24) is 0 Å². The number of halogens is 2. The van der Waals surface area contributed by atoms with Crippen LogP contribution in [0.25, 0.3) is 0 Å². The van der Waals surface area contributed by atoms with Gasteiger partial charge in [0.2, 0.25) is 0 Å². The van der Waals surface area contributed by atoms with E-state index in [-0.39, 0.29) is 13.1 Å². The summed E-state index contributed by atoms with van der Waals surface area (Å²) in [6.07, 6.45) is -4.35. The third-order valence-electron chi connectivity index (χ3n) is 1.21. The molecule has 7 heteroatoms. The van der Waals surface area contributed by atoms with Crippen molar-refractivity contribution in [2.24, 2.45) is 0 Å². The average Bonchev–Trinajstić information content (AvgIpc) is 2.07. The van der Waals surface area contributed by atoms with Gasteiger partial charge in [-0.25, -0.2) is 0 Å². The first-order chi connectivity index (χ1) is 6.85. The highest BCUT2D eigenvalue weighted by molar-refractivity contribution is 5.66. The fourth-order valence-corrected chi connectivity index (χ4v) is 0.737. The lowest BCUT2D eigenvalue weighted by Crippen LogP contribution is -2.31. The predicted molar refractivity (Wildman–Crippen MR) is 44.1 cm³/mol. The Kier molecular flexibility index (Phi) is 5.76. The molecule has 0 aliphatic carbocycles. The number of hydrogen-bond acceptors (Lipinski definition) is 5. The summed E-state index contributed by atoms with van der Waals surface area (Å²) in [5, 5.41) is 0. The molecule has 0 amide bonds. The Morgan fingerprint density at radius 1 is 1.47 bits per heavy atom. The monoisotopic (exact) mass is 226 g/mol. The highest BCUT2D eigenvalue weighted by Crippen LogP contribution is 2.14. The Morgan fingerprint density at radius 3 is 2.47 bits per heavy atom. The van der Waals surface area contributed by atoms with Crippen LogP contribution in [-0.2, 0) is 23.8 Å². The van der Waals surface area contributed by atoms with Gasteiger partial charge >= 0.3 is 12.1 Å². The van der Waals surface area contributed by atoms with Gasteiger partial charge < -0.3 is 14.2 Å². The van der Waals surface area contributed by atoms with Crippen molar-refractivity contribution in [2.45, 2.75) is 26.1 Å². The Labute approximate surface area is 85.3 Å². The molecular formula is C8H12F2O5. The summed E-state index contributed by atoms with van der Waals surface area (Å²) in [5.41, 5.74) is 0. The molecule has 0 saturated carbocycles. The fraction of sp³-hybridized carbons (Fsp3) is 0.750. The molecule has 0 rings (SSSR count). The molecular weight excluding hydrogens is 214 g/mol. The van der Waals surface area contributed by atoms with E-state index in [1.54, 1.807) is 0 Å². The van der Waals surface area contributed by atoms with Crippen LogP contribution in [0.15, 0.2) is 0 Å². The van der Waals surface area contributed by atoms with Crippen molar-refractivity contribution >= 4 is 12.4 Å². The van der Waals surface area contributed by atoms with E-state index < -0.39 is 24.8 Å². The molecule has 0 spiro atoms. The molecule has 0 aliphatic heterocycles. The number of esters is 1. The van der Waals surface area contributed by atoms with Gasteiger partial charge in [-0.3, -0.25) is 9.59 Å². The van der Waals surface area contributed by atoms with Crippen LogP contribution in [-0.4, -0.2) is 37.9 Å². The molecule has 0 fully saturated rings. The highest BCUT2D eigenvalue weighted by Gasteiger charge is 2.25. The lowest BCUT2D eigenvalue weighted by atomic mass is 10.4. The Bertz CT molecular complexity index is 214. The van der Waals surface area contributed by atoms with Gasteiger partial charge in [-0.1, -0.05) is 0 Å². The zero-order chi connectivity index (χ0) is 11.9. The minimum absolute atomic E-state index is 0.126. The van der Waals surface area contributed by atoms with Crippen LogP contribution in [0.4, 0.5) is 8.78 Å². The van der Waals surface area contributed by atoms with Crippen molar-refractivity contribution in [1.29, 1.82) is 0 Å². The van der Waals surface area contributed by atoms with Crippen LogP contribution in [0.5, 0.6) is 0 Å². The van der Waals surface area contributed by atoms with Gasteiger partial charge in [0.05, 0.1) is 6.61 Å². The molecule has 0 aromatic rings. The summed E-state index contributed by atoms with van der Waals surface area (Å²) < 4.78 is 37.5. The van der Waals surface area contributed by atoms with Crippen LogP contribution < -0.4 is 0 Å². The summed E-state index contributed by atoms with van der Waals surface area (Å²) in [6.45, 7) is 0.924. The second kappa shape index (κ2) is 6.28. The van der Waals surface area contributed by atoms with Crippen LogP contribution >= 0.6 is 0 Å². The number of alkyl halides is 2.